The lowest BCUT2D eigenvalue weighted by Crippen LogP contribution is -2.44. The number of rotatable bonds is 70. The first-order valence-electron chi connectivity index (χ1n) is 36.7. The molecule has 0 saturated carbocycles. The normalized spacial score (nSPS) is 12.5. The Bertz CT molecular complexity index is 1300. The van der Waals surface area contributed by atoms with E-state index in [0.717, 1.165) is 38.5 Å². The summed E-state index contributed by atoms with van der Waals surface area (Å²) in [7, 11) is 5.95. The highest BCUT2D eigenvalue weighted by Crippen LogP contribution is 2.20. The molecule has 0 saturated heterocycles. The molecule has 2 atom stereocenters. The number of carboxylic acids is 1. The predicted octanol–water partition coefficient (Wildman–Crippen LogP) is 21.3. The lowest BCUT2D eigenvalue weighted by atomic mass is 10.0. The van der Waals surface area contributed by atoms with Crippen molar-refractivity contribution in [3.05, 3.63) is 0 Å². The summed E-state index contributed by atoms with van der Waals surface area (Å²) in [5, 5.41) is 11.8. The highest BCUT2D eigenvalue weighted by Gasteiger charge is 2.22. The second kappa shape index (κ2) is 65.3. The second-order valence-corrected chi connectivity index (χ2v) is 26.6. The minimum absolute atomic E-state index is 0.154. The number of carboxylic acid groups (broad SMARTS) is 1. The number of hydrogen-bond donors (Lipinski definition) is 0. The molecule has 0 N–H and O–H groups in total. The van der Waals surface area contributed by atoms with Gasteiger partial charge in [0.05, 0.1) is 40.3 Å². The number of carbonyl (C=O) groups is 3. The molecule has 0 aromatic carbocycles. The fourth-order valence-electron chi connectivity index (χ4n) is 11.5. The van der Waals surface area contributed by atoms with E-state index in [1.807, 2.05) is 21.1 Å². The SMILES string of the molecule is CCCCCCCCCCCCCCCCCCCCCCCCCCCCCCCCCCC(=O)OC(COC(=O)CCCCCCCCCCCCCCCCCCCCCCCCCCC)COC(OCC[N+](C)(C)C)C(=O)[O-]. The molecule has 2 unspecified atom stereocenters. The fourth-order valence-corrected chi connectivity index (χ4v) is 11.5. The maximum absolute atomic E-state index is 12.9. The van der Waals surface area contributed by atoms with E-state index in [0.29, 0.717) is 17.4 Å². The Morgan fingerprint density at radius 1 is 0.317 bits per heavy atom. The summed E-state index contributed by atoms with van der Waals surface area (Å²) in [5.41, 5.74) is 0. The number of nitrogens with zero attached hydrogens (tertiary/aromatic N) is 1. The second-order valence-electron chi connectivity index (χ2n) is 26.6. The van der Waals surface area contributed by atoms with Crippen LogP contribution in [0.4, 0.5) is 0 Å². The van der Waals surface area contributed by atoms with Crippen LogP contribution in [0.3, 0.4) is 0 Å². The van der Waals surface area contributed by atoms with Crippen molar-refractivity contribution in [3.8, 4) is 0 Å². The highest BCUT2D eigenvalue weighted by atomic mass is 16.7. The van der Waals surface area contributed by atoms with E-state index in [1.165, 1.54) is 327 Å². The van der Waals surface area contributed by atoms with E-state index in [2.05, 4.69) is 13.8 Å². The molecule has 0 heterocycles. The third-order valence-corrected chi connectivity index (χ3v) is 17.1. The van der Waals surface area contributed by atoms with Gasteiger partial charge in [0.1, 0.15) is 13.2 Å². The standard InChI is InChI=1S/C73H143NO8/c1-6-8-10-12-14-16-18-20-22-24-26-28-30-32-33-34-35-36-37-38-40-42-44-46-48-50-52-54-56-58-60-62-64-71(76)82-69(68-81-73(72(77)78)79-66-65-74(3,4)5)67-80-70(75)63-61-59-57-55-53-51-49-47-45-43-41-39-31-29-27-25-23-21-19-17-15-13-11-9-7-2/h69,73H,6-68H2,1-5H3. The van der Waals surface area contributed by atoms with E-state index < -0.39 is 24.3 Å². The molecular formula is C73H143NO8. The quantitative estimate of drug-likeness (QED) is 0.0256. The van der Waals surface area contributed by atoms with Crippen LogP contribution in [0, 0.1) is 0 Å². The zero-order valence-electron chi connectivity index (χ0n) is 55.9. The van der Waals surface area contributed by atoms with Crippen LogP contribution in [-0.2, 0) is 33.3 Å². The van der Waals surface area contributed by atoms with Crippen LogP contribution in [-0.4, -0.2) is 82.3 Å². The summed E-state index contributed by atoms with van der Waals surface area (Å²) in [4.78, 5) is 37.5. The Balaban J connectivity index is 4.00. The lowest BCUT2D eigenvalue weighted by molar-refractivity contribution is -0.870. The summed E-state index contributed by atoms with van der Waals surface area (Å²) in [6, 6.07) is 0. The topological polar surface area (TPSA) is 111 Å². The molecule has 0 aromatic rings. The Labute approximate surface area is 511 Å². The molecule has 0 aliphatic rings. The van der Waals surface area contributed by atoms with E-state index >= 15 is 0 Å². The van der Waals surface area contributed by atoms with E-state index in [4.69, 9.17) is 18.9 Å². The molecule has 0 aromatic heterocycles. The number of aliphatic carboxylic acids is 1. The van der Waals surface area contributed by atoms with Crippen molar-refractivity contribution in [1.82, 2.24) is 0 Å². The van der Waals surface area contributed by atoms with Crippen molar-refractivity contribution in [2.24, 2.45) is 0 Å². The van der Waals surface area contributed by atoms with Crippen LogP contribution in [0.1, 0.15) is 393 Å². The molecule has 82 heavy (non-hydrogen) atoms. The first kappa shape index (κ1) is 80.3. The third-order valence-electron chi connectivity index (χ3n) is 17.1. The summed E-state index contributed by atoms with van der Waals surface area (Å²) in [5.74, 6) is -2.24. The van der Waals surface area contributed by atoms with Gasteiger partial charge in [-0.05, 0) is 12.8 Å². The van der Waals surface area contributed by atoms with Crippen LogP contribution in [0.15, 0.2) is 0 Å². The Morgan fingerprint density at radius 3 is 0.780 bits per heavy atom. The molecule has 9 heteroatoms. The van der Waals surface area contributed by atoms with Gasteiger partial charge in [-0.2, -0.15) is 0 Å². The van der Waals surface area contributed by atoms with Gasteiger partial charge in [0.15, 0.2) is 12.4 Å². The highest BCUT2D eigenvalue weighted by molar-refractivity contribution is 5.70. The smallest absolute Gasteiger partial charge is 0.306 e. The van der Waals surface area contributed by atoms with Gasteiger partial charge in [0, 0.05) is 12.8 Å². The molecular weight excluding hydrogens is 1020 g/mol. The number of carbonyl (C=O) groups excluding carboxylic acids is 3. The molecule has 0 fully saturated rings. The van der Waals surface area contributed by atoms with Crippen LogP contribution in [0.5, 0.6) is 0 Å². The van der Waals surface area contributed by atoms with Crippen molar-refractivity contribution >= 4 is 17.9 Å². The summed E-state index contributed by atoms with van der Waals surface area (Å²) in [6.45, 7) is 4.85. The minimum Gasteiger partial charge on any atom is -0.545 e. The summed E-state index contributed by atoms with van der Waals surface area (Å²) >= 11 is 0. The number of esters is 2. The number of ether oxygens (including phenoxy) is 4. The van der Waals surface area contributed by atoms with Crippen LogP contribution in [0.25, 0.3) is 0 Å². The van der Waals surface area contributed by atoms with Gasteiger partial charge >= 0.3 is 11.9 Å². The molecule has 0 aliphatic carbocycles. The fraction of sp³-hybridized carbons (Fsp3) is 0.959. The number of likely N-dealkylation sites (N-methyl/N-ethyl adjacent to an activating group) is 1. The van der Waals surface area contributed by atoms with Gasteiger partial charge in [-0.1, -0.05) is 367 Å². The van der Waals surface area contributed by atoms with E-state index in [9.17, 15) is 19.5 Å². The Hall–Kier alpha value is -1.71. The predicted molar refractivity (Wildman–Crippen MR) is 348 cm³/mol. The average molecular weight is 1160 g/mol. The maximum atomic E-state index is 12.9. The zero-order valence-corrected chi connectivity index (χ0v) is 55.9. The molecule has 0 radical (unpaired) electrons. The third kappa shape index (κ3) is 65.8. The number of hydrogen-bond acceptors (Lipinski definition) is 8. The number of unbranched alkanes of at least 4 members (excludes halogenated alkanes) is 55. The van der Waals surface area contributed by atoms with E-state index in [1.54, 1.807) is 0 Å². The van der Waals surface area contributed by atoms with Crippen molar-refractivity contribution in [2.45, 2.75) is 405 Å². The molecule has 0 rings (SSSR count). The van der Waals surface area contributed by atoms with Gasteiger partial charge in [-0.3, -0.25) is 9.59 Å². The average Bonchev–Trinajstić information content (AvgIpc) is 3.47. The monoisotopic (exact) mass is 1160 g/mol. The van der Waals surface area contributed by atoms with Crippen LogP contribution >= 0.6 is 0 Å². The van der Waals surface area contributed by atoms with Gasteiger partial charge < -0.3 is 33.3 Å². The largest absolute Gasteiger partial charge is 0.545 e. The summed E-state index contributed by atoms with van der Waals surface area (Å²) in [6.07, 6.45) is 74.9. The molecule has 0 aliphatic heterocycles. The Morgan fingerprint density at radius 2 is 0.549 bits per heavy atom. The van der Waals surface area contributed by atoms with Crippen LogP contribution < -0.4 is 5.11 Å². The molecule has 0 amide bonds. The van der Waals surface area contributed by atoms with Gasteiger partial charge in [-0.15, -0.1) is 0 Å². The van der Waals surface area contributed by atoms with Crippen molar-refractivity contribution in [1.29, 1.82) is 0 Å². The Kier molecular flexibility index (Phi) is 63.9. The molecule has 0 bridgehead atoms. The molecule has 488 valence electrons. The van der Waals surface area contributed by atoms with E-state index in [-0.39, 0.29) is 32.2 Å². The first-order valence-corrected chi connectivity index (χ1v) is 36.7. The lowest BCUT2D eigenvalue weighted by Gasteiger charge is -2.26. The van der Waals surface area contributed by atoms with Gasteiger partial charge in [0.25, 0.3) is 0 Å². The first-order chi connectivity index (χ1) is 40.1. The van der Waals surface area contributed by atoms with Crippen molar-refractivity contribution < 1.29 is 42.9 Å². The summed E-state index contributed by atoms with van der Waals surface area (Å²) < 4.78 is 22.8. The van der Waals surface area contributed by atoms with Gasteiger partial charge in [0.2, 0.25) is 0 Å². The van der Waals surface area contributed by atoms with Crippen LogP contribution in [0.2, 0.25) is 0 Å². The molecule has 9 nitrogen and oxygen atoms in total. The van der Waals surface area contributed by atoms with Gasteiger partial charge in [-0.25, -0.2) is 0 Å². The molecule has 0 spiro atoms. The van der Waals surface area contributed by atoms with Crippen molar-refractivity contribution in [2.75, 3.05) is 47.5 Å². The minimum atomic E-state index is -1.62. The number of quaternary nitrogens is 1. The maximum Gasteiger partial charge on any atom is 0.306 e. The van der Waals surface area contributed by atoms with Crippen molar-refractivity contribution in [3.63, 3.8) is 0 Å². The zero-order chi connectivity index (χ0) is 59.8.